The molecular weight excluding hydrogens is 211 g/mol. The Balaban J connectivity index is 2.87. The van der Waals surface area contributed by atoms with Gasteiger partial charge in [0.2, 0.25) is 0 Å². The third-order valence-corrected chi connectivity index (χ3v) is 2.98. The van der Waals surface area contributed by atoms with Crippen LogP contribution in [0.3, 0.4) is 0 Å². The van der Waals surface area contributed by atoms with E-state index in [0.29, 0.717) is 0 Å². The summed E-state index contributed by atoms with van der Waals surface area (Å²) in [6, 6.07) is 6.56. The molecule has 0 bridgehead atoms. The van der Waals surface area contributed by atoms with E-state index < -0.39 is 7.60 Å². The van der Waals surface area contributed by atoms with Gasteiger partial charge in [-0.05, 0) is 29.5 Å². The van der Waals surface area contributed by atoms with Gasteiger partial charge in [0.25, 0.3) is 0 Å². The van der Waals surface area contributed by atoms with E-state index in [1.807, 2.05) is 0 Å². The molecule has 1 rings (SSSR count). The molecule has 0 amide bonds. The van der Waals surface area contributed by atoms with Crippen LogP contribution in [0.2, 0.25) is 0 Å². The molecule has 84 valence electrons. The number of benzene rings is 1. The first-order valence-electron chi connectivity index (χ1n) is 4.83. The topological polar surface area (TPSA) is 57.5 Å². The highest BCUT2D eigenvalue weighted by molar-refractivity contribution is 7.60. The molecule has 0 aliphatic heterocycles. The summed E-state index contributed by atoms with van der Waals surface area (Å²) in [5.41, 5.74) is 1.28. The van der Waals surface area contributed by atoms with Crippen LogP contribution in [0.5, 0.6) is 0 Å². The average Bonchev–Trinajstić information content (AvgIpc) is 2.00. The van der Waals surface area contributed by atoms with Crippen LogP contribution in [-0.4, -0.2) is 9.79 Å². The summed E-state index contributed by atoms with van der Waals surface area (Å²) >= 11 is 0. The van der Waals surface area contributed by atoms with Crippen molar-refractivity contribution in [1.82, 2.24) is 0 Å². The Morgan fingerprint density at radius 2 is 1.60 bits per heavy atom. The molecule has 0 spiro atoms. The zero-order chi connectivity index (χ0) is 11.7. The second-order valence-corrected chi connectivity index (χ2v) is 6.55. The lowest BCUT2D eigenvalue weighted by Gasteiger charge is -2.18. The Morgan fingerprint density at radius 3 is 1.93 bits per heavy atom. The molecule has 0 heterocycles. The lowest BCUT2D eigenvalue weighted by Crippen LogP contribution is -2.10. The molecule has 0 saturated heterocycles. The molecule has 0 aliphatic rings. The number of hydrogen-bond acceptors (Lipinski definition) is 1. The van der Waals surface area contributed by atoms with Gasteiger partial charge < -0.3 is 9.79 Å². The van der Waals surface area contributed by atoms with Gasteiger partial charge >= 0.3 is 7.60 Å². The van der Waals surface area contributed by atoms with E-state index >= 15 is 0 Å². The molecule has 0 saturated carbocycles. The summed E-state index contributed by atoms with van der Waals surface area (Å²) < 4.78 is 10.9. The fourth-order valence-corrected chi connectivity index (χ4v) is 1.96. The quantitative estimate of drug-likeness (QED) is 0.762. The Labute approximate surface area is 90.3 Å². The van der Waals surface area contributed by atoms with Gasteiger partial charge in [-0.3, -0.25) is 4.57 Å². The average molecular weight is 228 g/mol. The van der Waals surface area contributed by atoms with Crippen LogP contribution >= 0.6 is 7.60 Å². The minimum Gasteiger partial charge on any atom is -0.321 e. The fraction of sp³-hybridized carbons (Fsp3) is 0.455. The van der Waals surface area contributed by atoms with Crippen molar-refractivity contribution in [2.45, 2.75) is 27.2 Å². The fourth-order valence-electron chi connectivity index (χ4n) is 1.42. The van der Waals surface area contributed by atoms with E-state index in [-0.39, 0.29) is 10.7 Å². The monoisotopic (exact) mass is 228 g/mol. The third-order valence-electron chi connectivity index (χ3n) is 2.01. The van der Waals surface area contributed by atoms with Crippen molar-refractivity contribution < 1.29 is 14.4 Å². The Bertz CT molecular complexity index is 370. The van der Waals surface area contributed by atoms with Crippen LogP contribution in [0.1, 0.15) is 26.3 Å². The second kappa shape index (κ2) is 4.09. The van der Waals surface area contributed by atoms with Crippen molar-refractivity contribution in [1.29, 1.82) is 0 Å². The lowest BCUT2D eigenvalue weighted by molar-refractivity contribution is 0.387. The maximum absolute atomic E-state index is 10.9. The van der Waals surface area contributed by atoms with Crippen molar-refractivity contribution in [3.63, 3.8) is 0 Å². The summed E-state index contributed by atoms with van der Waals surface area (Å²) in [7, 11) is -4.09. The smallest absolute Gasteiger partial charge is 0.321 e. The highest BCUT2D eigenvalue weighted by Crippen LogP contribution is 2.33. The van der Waals surface area contributed by atoms with Gasteiger partial charge in [0, 0.05) is 0 Å². The van der Waals surface area contributed by atoms with Crippen LogP contribution in [0, 0.1) is 5.41 Å². The van der Waals surface area contributed by atoms with Crippen LogP contribution < -0.4 is 5.30 Å². The van der Waals surface area contributed by atoms with Gasteiger partial charge in [-0.1, -0.05) is 32.9 Å². The van der Waals surface area contributed by atoms with E-state index in [4.69, 9.17) is 9.79 Å². The van der Waals surface area contributed by atoms with Crippen molar-refractivity contribution in [2.24, 2.45) is 5.41 Å². The van der Waals surface area contributed by atoms with Crippen LogP contribution in [0.4, 0.5) is 0 Å². The first-order chi connectivity index (χ1) is 6.68. The first-order valence-corrected chi connectivity index (χ1v) is 6.45. The molecule has 0 aliphatic carbocycles. The molecule has 0 fully saturated rings. The molecule has 0 unspecified atom stereocenters. The molecule has 1 aromatic carbocycles. The molecule has 0 radical (unpaired) electrons. The van der Waals surface area contributed by atoms with Gasteiger partial charge in [0.05, 0.1) is 5.30 Å². The predicted octanol–water partition coefficient (Wildman–Crippen LogP) is 2.08. The van der Waals surface area contributed by atoms with E-state index in [0.717, 1.165) is 12.0 Å². The van der Waals surface area contributed by atoms with E-state index in [1.54, 1.807) is 12.1 Å². The summed E-state index contributed by atoms with van der Waals surface area (Å²) in [5.74, 6) is 0. The van der Waals surface area contributed by atoms with Crippen molar-refractivity contribution in [3.8, 4) is 0 Å². The van der Waals surface area contributed by atoms with Crippen LogP contribution in [0.15, 0.2) is 24.3 Å². The minimum atomic E-state index is -4.09. The summed E-state index contributed by atoms with van der Waals surface area (Å²) in [6.07, 6.45) is 0.897. The maximum atomic E-state index is 10.9. The largest absolute Gasteiger partial charge is 0.356 e. The molecule has 1 aromatic rings. The molecule has 3 nitrogen and oxygen atoms in total. The number of rotatable bonds is 2. The van der Waals surface area contributed by atoms with Gasteiger partial charge in [0.1, 0.15) is 0 Å². The third kappa shape index (κ3) is 4.17. The Hall–Kier alpha value is -0.630. The highest BCUT2D eigenvalue weighted by Gasteiger charge is 2.17. The van der Waals surface area contributed by atoms with E-state index in [2.05, 4.69) is 20.8 Å². The first kappa shape index (κ1) is 12.4. The molecule has 0 atom stereocenters. The predicted molar refractivity (Wildman–Crippen MR) is 61.3 cm³/mol. The van der Waals surface area contributed by atoms with Gasteiger partial charge in [-0.2, -0.15) is 0 Å². The number of hydrogen-bond donors (Lipinski definition) is 2. The summed E-state index contributed by atoms with van der Waals surface area (Å²) in [5, 5.41) is 0.0835. The van der Waals surface area contributed by atoms with Crippen molar-refractivity contribution in [2.75, 3.05) is 0 Å². The Morgan fingerprint density at radius 1 is 1.13 bits per heavy atom. The zero-order valence-corrected chi connectivity index (χ0v) is 10.2. The van der Waals surface area contributed by atoms with E-state index in [9.17, 15) is 4.57 Å². The molecule has 4 heteroatoms. The van der Waals surface area contributed by atoms with Gasteiger partial charge in [-0.25, -0.2) is 0 Å². The molecule has 0 aromatic heterocycles. The minimum absolute atomic E-state index is 0.0835. The van der Waals surface area contributed by atoms with Gasteiger partial charge in [-0.15, -0.1) is 0 Å². The lowest BCUT2D eigenvalue weighted by atomic mass is 9.88. The van der Waals surface area contributed by atoms with Gasteiger partial charge in [0.15, 0.2) is 0 Å². The van der Waals surface area contributed by atoms with Crippen LogP contribution in [-0.2, 0) is 11.0 Å². The second-order valence-electron chi connectivity index (χ2n) is 4.95. The SMILES string of the molecule is CC(C)(C)Cc1ccc(P(=O)(O)O)cc1. The summed E-state index contributed by atoms with van der Waals surface area (Å²) in [4.78, 5) is 17.8. The van der Waals surface area contributed by atoms with Crippen LogP contribution in [0.25, 0.3) is 0 Å². The normalized spacial score (nSPS) is 12.9. The molecule has 15 heavy (non-hydrogen) atoms. The summed E-state index contributed by atoms with van der Waals surface area (Å²) in [6.45, 7) is 6.39. The molecule has 2 N–H and O–H groups in total. The van der Waals surface area contributed by atoms with E-state index in [1.165, 1.54) is 12.1 Å². The van der Waals surface area contributed by atoms with Crippen molar-refractivity contribution >= 4 is 12.9 Å². The highest BCUT2D eigenvalue weighted by atomic mass is 31.2. The maximum Gasteiger partial charge on any atom is 0.356 e. The Kier molecular flexibility index (Phi) is 3.39. The zero-order valence-electron chi connectivity index (χ0n) is 9.27. The van der Waals surface area contributed by atoms with Crippen molar-refractivity contribution in [3.05, 3.63) is 29.8 Å². The molecular formula is C11H17O3P. The standard InChI is InChI=1S/C11H17O3P/c1-11(2,3)8-9-4-6-10(7-5-9)15(12,13)14/h4-7H,8H2,1-3H3,(H2,12,13,14).